The smallest absolute Gasteiger partial charge is 0.241 e. The molecular formula is C20H21N3O3S. The minimum absolute atomic E-state index is 0.0417. The summed E-state index contributed by atoms with van der Waals surface area (Å²) in [5.41, 5.74) is 0. The summed E-state index contributed by atoms with van der Waals surface area (Å²) < 4.78 is 34.6. The SMILES string of the molecule is O=S(=O)(NC1CCC(Oc2cnccn2)CC1)c1cccc2ccccc12. The molecule has 7 heteroatoms. The van der Waals surface area contributed by atoms with Gasteiger partial charge in [0.25, 0.3) is 0 Å². The molecule has 1 saturated carbocycles. The third-order valence-corrected chi connectivity index (χ3v) is 6.44. The van der Waals surface area contributed by atoms with Gasteiger partial charge in [0.05, 0.1) is 11.1 Å². The molecule has 1 heterocycles. The molecular weight excluding hydrogens is 362 g/mol. The number of nitrogens with zero attached hydrogens (tertiary/aromatic N) is 2. The molecule has 1 aliphatic rings. The standard InChI is InChI=1S/C20H21N3O3S/c24-27(25,19-7-3-5-15-4-1-2-6-18(15)19)23-16-8-10-17(11-9-16)26-20-14-21-12-13-22-20/h1-7,12-14,16-17,23H,8-11H2. The third-order valence-electron chi connectivity index (χ3n) is 4.86. The maximum absolute atomic E-state index is 12.9. The van der Waals surface area contributed by atoms with Gasteiger partial charge in [-0.15, -0.1) is 0 Å². The van der Waals surface area contributed by atoms with Gasteiger partial charge < -0.3 is 4.74 Å². The highest BCUT2D eigenvalue weighted by atomic mass is 32.2. The van der Waals surface area contributed by atoms with Gasteiger partial charge in [0.2, 0.25) is 15.9 Å². The second-order valence-electron chi connectivity index (χ2n) is 6.73. The molecule has 4 rings (SSSR count). The topological polar surface area (TPSA) is 81.2 Å². The molecule has 27 heavy (non-hydrogen) atoms. The van der Waals surface area contributed by atoms with Gasteiger partial charge in [-0.1, -0.05) is 36.4 Å². The van der Waals surface area contributed by atoms with Crippen molar-refractivity contribution in [3.63, 3.8) is 0 Å². The third kappa shape index (κ3) is 4.09. The van der Waals surface area contributed by atoms with Gasteiger partial charge in [-0.2, -0.15) is 0 Å². The van der Waals surface area contributed by atoms with E-state index in [1.54, 1.807) is 30.7 Å². The van der Waals surface area contributed by atoms with E-state index < -0.39 is 10.0 Å². The van der Waals surface area contributed by atoms with Crippen LogP contribution in [0.1, 0.15) is 25.7 Å². The van der Waals surface area contributed by atoms with E-state index in [0.29, 0.717) is 10.8 Å². The van der Waals surface area contributed by atoms with Crippen molar-refractivity contribution in [1.29, 1.82) is 0 Å². The van der Waals surface area contributed by atoms with Crippen molar-refractivity contribution in [1.82, 2.24) is 14.7 Å². The first kappa shape index (κ1) is 17.9. The molecule has 1 fully saturated rings. The van der Waals surface area contributed by atoms with Gasteiger partial charge in [0, 0.05) is 23.8 Å². The highest BCUT2D eigenvalue weighted by Crippen LogP contribution is 2.26. The summed E-state index contributed by atoms with van der Waals surface area (Å²) in [4.78, 5) is 8.45. The Labute approximate surface area is 158 Å². The van der Waals surface area contributed by atoms with E-state index in [1.807, 2.05) is 30.3 Å². The maximum atomic E-state index is 12.9. The number of aromatic nitrogens is 2. The number of benzene rings is 2. The Morgan fingerprint density at radius 1 is 0.963 bits per heavy atom. The van der Waals surface area contributed by atoms with Crippen LogP contribution in [-0.4, -0.2) is 30.5 Å². The minimum Gasteiger partial charge on any atom is -0.473 e. The molecule has 1 N–H and O–H groups in total. The Balaban J connectivity index is 1.42. The Hall–Kier alpha value is -2.51. The molecule has 0 spiro atoms. The van der Waals surface area contributed by atoms with Crippen LogP contribution in [0.25, 0.3) is 10.8 Å². The lowest BCUT2D eigenvalue weighted by Gasteiger charge is -2.29. The van der Waals surface area contributed by atoms with Crippen LogP contribution in [0.15, 0.2) is 66.0 Å². The first-order valence-corrected chi connectivity index (χ1v) is 10.5. The first-order valence-electron chi connectivity index (χ1n) is 9.04. The van der Waals surface area contributed by atoms with Crippen LogP contribution in [0, 0.1) is 0 Å². The number of sulfonamides is 1. The van der Waals surface area contributed by atoms with E-state index in [0.717, 1.165) is 36.5 Å². The lowest BCUT2D eigenvalue weighted by atomic mass is 9.94. The van der Waals surface area contributed by atoms with Gasteiger partial charge in [-0.05, 0) is 37.1 Å². The molecule has 1 aliphatic carbocycles. The molecule has 0 aliphatic heterocycles. The normalized spacial score (nSPS) is 20.4. The summed E-state index contributed by atoms with van der Waals surface area (Å²) in [6.07, 6.45) is 7.85. The summed E-state index contributed by atoms with van der Waals surface area (Å²) in [5, 5.41) is 1.66. The van der Waals surface area contributed by atoms with Crippen LogP contribution in [0.4, 0.5) is 0 Å². The fourth-order valence-electron chi connectivity index (χ4n) is 3.53. The van der Waals surface area contributed by atoms with E-state index in [9.17, 15) is 8.42 Å². The summed E-state index contributed by atoms with van der Waals surface area (Å²) in [5.74, 6) is 0.511. The van der Waals surface area contributed by atoms with Gasteiger partial charge in [0.1, 0.15) is 6.10 Å². The highest BCUT2D eigenvalue weighted by molar-refractivity contribution is 7.89. The average molecular weight is 383 g/mol. The summed E-state index contributed by atoms with van der Waals surface area (Å²) in [7, 11) is -3.58. The fraction of sp³-hybridized carbons (Fsp3) is 0.300. The molecule has 0 unspecified atom stereocenters. The molecule has 6 nitrogen and oxygen atoms in total. The van der Waals surface area contributed by atoms with Gasteiger partial charge >= 0.3 is 0 Å². The van der Waals surface area contributed by atoms with Crippen molar-refractivity contribution in [2.45, 2.75) is 42.7 Å². The molecule has 0 saturated heterocycles. The first-order chi connectivity index (χ1) is 13.1. The maximum Gasteiger partial charge on any atom is 0.241 e. The zero-order chi connectivity index (χ0) is 18.7. The van der Waals surface area contributed by atoms with Crippen molar-refractivity contribution in [2.75, 3.05) is 0 Å². The molecule has 1 aromatic heterocycles. The lowest BCUT2D eigenvalue weighted by Crippen LogP contribution is -2.39. The minimum atomic E-state index is -3.58. The molecule has 0 radical (unpaired) electrons. The Kier molecular flexibility index (Phi) is 5.05. The van der Waals surface area contributed by atoms with Crippen LogP contribution < -0.4 is 9.46 Å². The van der Waals surface area contributed by atoms with E-state index in [4.69, 9.17) is 4.74 Å². The van der Waals surface area contributed by atoms with Gasteiger partial charge in [0.15, 0.2) is 0 Å². The second-order valence-corrected chi connectivity index (χ2v) is 8.42. The van der Waals surface area contributed by atoms with E-state index in [1.165, 1.54) is 0 Å². The van der Waals surface area contributed by atoms with Crippen molar-refractivity contribution in [3.05, 3.63) is 61.1 Å². The van der Waals surface area contributed by atoms with E-state index in [-0.39, 0.29) is 12.1 Å². The summed E-state index contributed by atoms with van der Waals surface area (Å²) in [6.45, 7) is 0. The van der Waals surface area contributed by atoms with E-state index in [2.05, 4.69) is 14.7 Å². The average Bonchev–Trinajstić information content (AvgIpc) is 2.70. The number of fused-ring (bicyclic) bond motifs is 1. The van der Waals surface area contributed by atoms with Crippen molar-refractivity contribution < 1.29 is 13.2 Å². The zero-order valence-electron chi connectivity index (χ0n) is 14.8. The molecule has 0 atom stereocenters. The quantitative estimate of drug-likeness (QED) is 0.731. The van der Waals surface area contributed by atoms with Crippen LogP contribution in [-0.2, 0) is 10.0 Å². The number of rotatable bonds is 5. The van der Waals surface area contributed by atoms with Crippen LogP contribution in [0.3, 0.4) is 0 Å². The molecule has 140 valence electrons. The van der Waals surface area contributed by atoms with Crippen molar-refractivity contribution >= 4 is 20.8 Å². The number of hydrogen-bond acceptors (Lipinski definition) is 5. The van der Waals surface area contributed by atoms with Crippen LogP contribution in [0.2, 0.25) is 0 Å². The number of hydrogen-bond donors (Lipinski definition) is 1. The lowest BCUT2D eigenvalue weighted by molar-refractivity contribution is 0.138. The summed E-state index contributed by atoms with van der Waals surface area (Å²) in [6, 6.07) is 12.8. The number of nitrogens with one attached hydrogen (secondary N) is 1. The number of ether oxygens (including phenoxy) is 1. The van der Waals surface area contributed by atoms with Gasteiger partial charge in [-0.25, -0.2) is 18.1 Å². The molecule has 0 amide bonds. The fourth-order valence-corrected chi connectivity index (χ4v) is 5.06. The van der Waals surface area contributed by atoms with Crippen molar-refractivity contribution in [2.24, 2.45) is 0 Å². The van der Waals surface area contributed by atoms with Crippen LogP contribution >= 0.6 is 0 Å². The Bertz CT molecular complexity index is 1010. The predicted molar refractivity (Wildman–Crippen MR) is 103 cm³/mol. The van der Waals surface area contributed by atoms with E-state index >= 15 is 0 Å². The Morgan fingerprint density at radius 3 is 2.52 bits per heavy atom. The second kappa shape index (κ2) is 7.62. The van der Waals surface area contributed by atoms with Crippen LogP contribution in [0.5, 0.6) is 5.88 Å². The molecule has 0 bridgehead atoms. The zero-order valence-corrected chi connectivity index (χ0v) is 15.6. The molecule has 3 aromatic rings. The highest BCUT2D eigenvalue weighted by Gasteiger charge is 2.27. The Morgan fingerprint density at radius 2 is 1.74 bits per heavy atom. The largest absolute Gasteiger partial charge is 0.473 e. The van der Waals surface area contributed by atoms with Gasteiger partial charge in [-0.3, -0.25) is 4.98 Å². The van der Waals surface area contributed by atoms with Crippen molar-refractivity contribution in [3.8, 4) is 5.88 Å². The molecule has 2 aromatic carbocycles. The summed E-state index contributed by atoms with van der Waals surface area (Å²) >= 11 is 0. The monoisotopic (exact) mass is 383 g/mol. The predicted octanol–water partition coefficient (Wildman–Crippen LogP) is 3.30.